The molecule has 0 spiro atoms. The summed E-state index contributed by atoms with van der Waals surface area (Å²) in [6.07, 6.45) is -4.30. The van der Waals surface area contributed by atoms with E-state index in [0.29, 0.717) is 17.0 Å². The van der Waals surface area contributed by atoms with E-state index in [1.807, 2.05) is 0 Å². The molecular formula is C11H14ClN5O4. The number of hydrogen-bond donors (Lipinski definition) is 4. The Labute approximate surface area is 124 Å². The number of aliphatic hydroxyl groups is 3. The van der Waals surface area contributed by atoms with Crippen LogP contribution in [0.25, 0.3) is 11.2 Å². The first-order chi connectivity index (χ1) is 9.93. The third-order valence-electron chi connectivity index (χ3n) is 3.49. The van der Waals surface area contributed by atoms with Gasteiger partial charge in [0.05, 0.1) is 6.61 Å². The SMILES string of the molecule is Cc1nc2c(N)nc(Cl)nc2n1[C@@H]1O[C@H](CO)[C@@H](O)[C@H]1O. The number of aromatic nitrogens is 4. The molecule has 0 amide bonds. The molecule has 9 nitrogen and oxygen atoms in total. The zero-order chi connectivity index (χ0) is 15.3. The van der Waals surface area contributed by atoms with Crippen molar-refractivity contribution in [2.24, 2.45) is 0 Å². The Hall–Kier alpha value is -1.52. The van der Waals surface area contributed by atoms with Crippen LogP contribution in [-0.4, -0.2) is 59.8 Å². The monoisotopic (exact) mass is 315 g/mol. The highest BCUT2D eigenvalue weighted by Crippen LogP contribution is 2.33. The van der Waals surface area contributed by atoms with Crippen LogP contribution < -0.4 is 5.73 Å². The van der Waals surface area contributed by atoms with E-state index in [9.17, 15) is 10.2 Å². The number of nitrogen functional groups attached to an aromatic ring is 1. The maximum absolute atomic E-state index is 10.1. The molecule has 1 fully saturated rings. The van der Waals surface area contributed by atoms with Gasteiger partial charge in [0, 0.05) is 0 Å². The van der Waals surface area contributed by atoms with Crippen molar-refractivity contribution in [1.82, 2.24) is 19.5 Å². The van der Waals surface area contributed by atoms with Gasteiger partial charge in [-0.3, -0.25) is 4.57 Å². The van der Waals surface area contributed by atoms with Crippen LogP contribution >= 0.6 is 11.6 Å². The molecule has 2 aromatic rings. The number of rotatable bonds is 2. The van der Waals surface area contributed by atoms with Crippen molar-refractivity contribution < 1.29 is 20.1 Å². The Balaban J connectivity index is 2.15. The minimum absolute atomic E-state index is 0.0621. The van der Waals surface area contributed by atoms with E-state index in [1.54, 1.807) is 6.92 Å². The highest BCUT2D eigenvalue weighted by molar-refractivity contribution is 6.28. The first-order valence-corrected chi connectivity index (χ1v) is 6.61. The van der Waals surface area contributed by atoms with Crippen LogP contribution in [0.15, 0.2) is 0 Å². The quantitative estimate of drug-likeness (QED) is 0.516. The molecule has 5 N–H and O–H groups in total. The van der Waals surface area contributed by atoms with E-state index in [2.05, 4.69) is 15.0 Å². The van der Waals surface area contributed by atoms with Gasteiger partial charge in [0.25, 0.3) is 0 Å². The van der Waals surface area contributed by atoms with Crippen LogP contribution in [0.1, 0.15) is 12.1 Å². The van der Waals surface area contributed by atoms with Crippen molar-refractivity contribution >= 4 is 28.6 Å². The Kier molecular flexibility index (Phi) is 3.46. The normalized spacial score (nSPS) is 29.4. The van der Waals surface area contributed by atoms with Gasteiger partial charge in [-0.05, 0) is 18.5 Å². The summed E-state index contributed by atoms with van der Waals surface area (Å²) < 4.78 is 6.95. The highest BCUT2D eigenvalue weighted by atomic mass is 35.5. The predicted octanol–water partition coefficient (Wildman–Crippen LogP) is -1.02. The van der Waals surface area contributed by atoms with Crippen LogP contribution in [0.3, 0.4) is 0 Å². The highest BCUT2D eigenvalue weighted by Gasteiger charge is 2.44. The van der Waals surface area contributed by atoms with Crippen molar-refractivity contribution in [2.75, 3.05) is 12.3 Å². The van der Waals surface area contributed by atoms with E-state index in [4.69, 9.17) is 27.2 Å². The van der Waals surface area contributed by atoms with Gasteiger partial charge in [-0.1, -0.05) is 0 Å². The Morgan fingerprint density at radius 1 is 1.29 bits per heavy atom. The average molecular weight is 316 g/mol. The minimum Gasteiger partial charge on any atom is -0.394 e. The summed E-state index contributed by atoms with van der Waals surface area (Å²) in [5.74, 6) is 0.571. The molecule has 1 aliphatic rings. The molecule has 4 atom stereocenters. The predicted molar refractivity (Wildman–Crippen MR) is 72.5 cm³/mol. The number of halogens is 1. The second kappa shape index (κ2) is 5.04. The van der Waals surface area contributed by atoms with Gasteiger partial charge in [0.2, 0.25) is 5.28 Å². The van der Waals surface area contributed by atoms with Gasteiger partial charge >= 0.3 is 0 Å². The molecule has 114 valence electrons. The van der Waals surface area contributed by atoms with E-state index in [1.165, 1.54) is 4.57 Å². The Morgan fingerprint density at radius 3 is 2.62 bits per heavy atom. The number of nitrogens with two attached hydrogens (primary N) is 1. The third kappa shape index (κ3) is 2.14. The minimum atomic E-state index is -1.24. The second-order valence-corrected chi connectivity index (χ2v) is 5.15. The Morgan fingerprint density at radius 2 is 2.00 bits per heavy atom. The summed E-state index contributed by atoms with van der Waals surface area (Å²) in [5.41, 5.74) is 6.37. The summed E-state index contributed by atoms with van der Waals surface area (Å²) >= 11 is 5.80. The molecule has 0 unspecified atom stereocenters. The molecule has 10 heteroatoms. The number of nitrogens with zero attached hydrogens (tertiary/aromatic N) is 4. The maximum atomic E-state index is 10.1. The second-order valence-electron chi connectivity index (χ2n) is 4.81. The lowest BCUT2D eigenvalue weighted by atomic mass is 10.1. The lowest BCUT2D eigenvalue weighted by Crippen LogP contribution is -2.33. The zero-order valence-corrected chi connectivity index (χ0v) is 11.8. The molecule has 0 aliphatic carbocycles. The van der Waals surface area contributed by atoms with Gasteiger partial charge in [-0.25, -0.2) is 4.98 Å². The van der Waals surface area contributed by atoms with Crippen molar-refractivity contribution in [3.63, 3.8) is 0 Å². The molecule has 1 saturated heterocycles. The lowest BCUT2D eigenvalue weighted by Gasteiger charge is -2.18. The zero-order valence-electron chi connectivity index (χ0n) is 11.0. The summed E-state index contributed by atoms with van der Waals surface area (Å²) in [7, 11) is 0. The van der Waals surface area contributed by atoms with E-state index >= 15 is 0 Å². The number of aliphatic hydroxyl groups excluding tert-OH is 3. The molecule has 0 bridgehead atoms. The number of ether oxygens (including phenoxy) is 1. The molecule has 3 heterocycles. The number of aryl methyl sites for hydroxylation is 1. The van der Waals surface area contributed by atoms with Gasteiger partial charge < -0.3 is 25.8 Å². The molecule has 0 aromatic carbocycles. The summed E-state index contributed by atoms with van der Waals surface area (Å²) in [4.78, 5) is 12.1. The summed E-state index contributed by atoms with van der Waals surface area (Å²) in [6.45, 7) is 1.25. The molecule has 0 saturated carbocycles. The van der Waals surface area contributed by atoms with Gasteiger partial charge in [0.15, 0.2) is 23.2 Å². The first-order valence-electron chi connectivity index (χ1n) is 6.24. The van der Waals surface area contributed by atoms with Crippen LogP contribution in [0.4, 0.5) is 5.82 Å². The number of imidazole rings is 1. The fourth-order valence-electron chi connectivity index (χ4n) is 2.47. The van der Waals surface area contributed by atoms with Gasteiger partial charge in [-0.2, -0.15) is 9.97 Å². The van der Waals surface area contributed by atoms with Crippen molar-refractivity contribution in [3.05, 3.63) is 11.1 Å². The molecule has 2 aromatic heterocycles. The van der Waals surface area contributed by atoms with Crippen LogP contribution in [0.5, 0.6) is 0 Å². The van der Waals surface area contributed by atoms with Gasteiger partial charge in [-0.15, -0.1) is 0 Å². The number of anilines is 1. The third-order valence-corrected chi connectivity index (χ3v) is 3.66. The standard InChI is InChI=1S/C11H14ClN5O4/c1-3-14-5-8(13)15-11(12)16-9(5)17(3)10-7(20)6(19)4(2-18)21-10/h4,6-7,10,18-20H,2H2,1H3,(H2,13,15,16)/t4-,6-,7-,10-/m1/s1. The van der Waals surface area contributed by atoms with E-state index in [-0.39, 0.29) is 11.1 Å². The fraction of sp³-hybridized carbons (Fsp3) is 0.545. The van der Waals surface area contributed by atoms with Crippen LogP contribution in [0.2, 0.25) is 5.28 Å². The van der Waals surface area contributed by atoms with E-state index < -0.39 is 31.1 Å². The van der Waals surface area contributed by atoms with Crippen LogP contribution in [-0.2, 0) is 4.74 Å². The van der Waals surface area contributed by atoms with Crippen molar-refractivity contribution in [2.45, 2.75) is 31.5 Å². The summed E-state index contributed by atoms with van der Waals surface area (Å²) in [5, 5.41) is 29.0. The number of fused-ring (bicyclic) bond motifs is 1. The topological polar surface area (TPSA) is 140 Å². The molecule has 1 aliphatic heterocycles. The molecule has 21 heavy (non-hydrogen) atoms. The maximum Gasteiger partial charge on any atom is 0.226 e. The molecule has 0 radical (unpaired) electrons. The van der Waals surface area contributed by atoms with Crippen molar-refractivity contribution in [1.29, 1.82) is 0 Å². The lowest BCUT2D eigenvalue weighted by molar-refractivity contribution is -0.0519. The van der Waals surface area contributed by atoms with Crippen LogP contribution in [0, 0.1) is 6.92 Å². The first kappa shape index (κ1) is 14.4. The fourth-order valence-corrected chi connectivity index (χ4v) is 2.65. The molecular weight excluding hydrogens is 302 g/mol. The Bertz CT molecular complexity index is 693. The summed E-state index contributed by atoms with van der Waals surface area (Å²) in [6, 6.07) is 0. The van der Waals surface area contributed by atoms with E-state index in [0.717, 1.165) is 0 Å². The number of hydrogen-bond acceptors (Lipinski definition) is 8. The van der Waals surface area contributed by atoms with Gasteiger partial charge in [0.1, 0.15) is 24.1 Å². The molecule has 3 rings (SSSR count). The largest absolute Gasteiger partial charge is 0.394 e. The smallest absolute Gasteiger partial charge is 0.226 e. The van der Waals surface area contributed by atoms with Crippen molar-refractivity contribution in [3.8, 4) is 0 Å². The average Bonchev–Trinajstić information content (AvgIpc) is 2.89.